The highest BCUT2D eigenvalue weighted by atomic mass is 31.0. The average Bonchev–Trinajstić information content (AvgIpc) is 3.13. The summed E-state index contributed by atoms with van der Waals surface area (Å²) >= 11 is 0. The highest BCUT2D eigenvalue weighted by molar-refractivity contribution is 7.18. The minimum Gasteiger partial charge on any atom is -0.466 e. The van der Waals surface area contributed by atoms with E-state index in [4.69, 9.17) is 9.47 Å². The van der Waals surface area contributed by atoms with Crippen molar-refractivity contribution in [3.05, 3.63) is 0 Å². The number of unbranched alkanes of at least 4 members (excludes halogenated alkanes) is 24. The summed E-state index contributed by atoms with van der Waals surface area (Å²) in [5, 5.41) is 0. The van der Waals surface area contributed by atoms with Gasteiger partial charge in [0.2, 0.25) is 0 Å². The third kappa shape index (κ3) is 40.8. The first-order chi connectivity index (χ1) is 26.2. The second kappa shape index (κ2) is 40.4. The topological polar surface area (TPSA) is 55.8 Å². The van der Waals surface area contributed by atoms with Gasteiger partial charge in [0.25, 0.3) is 5.66 Å². The van der Waals surface area contributed by atoms with Crippen molar-refractivity contribution in [2.75, 3.05) is 26.2 Å². The Balaban J connectivity index is 4.25. The van der Waals surface area contributed by atoms with Gasteiger partial charge in [0, 0.05) is 19.3 Å². The van der Waals surface area contributed by atoms with Gasteiger partial charge in [0.15, 0.2) is 0 Å². The summed E-state index contributed by atoms with van der Waals surface area (Å²) in [5.74, 6) is -0.0861. The molecule has 0 aromatic heterocycles. The van der Waals surface area contributed by atoms with Gasteiger partial charge < -0.3 is 14.4 Å². The van der Waals surface area contributed by atoms with Gasteiger partial charge in [-0.2, -0.15) is 0 Å². The fraction of sp³-hybridized carbons (Fsp3) is 0.957. The van der Waals surface area contributed by atoms with E-state index in [0.717, 1.165) is 116 Å². The Hall–Kier alpha value is -0.810. The first-order valence-corrected chi connectivity index (χ1v) is 24.0. The van der Waals surface area contributed by atoms with Crippen LogP contribution >= 0.6 is 9.24 Å². The third-order valence-corrected chi connectivity index (χ3v) is 11.1. The molecule has 5 nitrogen and oxygen atoms in total. The molecule has 0 amide bonds. The second-order valence-electron chi connectivity index (χ2n) is 16.3. The van der Waals surface area contributed by atoms with Gasteiger partial charge >= 0.3 is 11.9 Å². The van der Waals surface area contributed by atoms with E-state index in [2.05, 4.69) is 25.7 Å². The average molecular weight is 790 g/mol. The van der Waals surface area contributed by atoms with Gasteiger partial charge in [0.05, 0.1) is 6.61 Å². The summed E-state index contributed by atoms with van der Waals surface area (Å²) in [6.07, 6.45) is 37.5. The molecule has 0 rings (SSSR count). The molecule has 54 heavy (non-hydrogen) atoms. The van der Waals surface area contributed by atoms with Crippen LogP contribution in [0.4, 0.5) is 8.78 Å². The van der Waals surface area contributed by atoms with Crippen LogP contribution in [0.5, 0.6) is 0 Å². The number of halogens is 2. The molecule has 0 aromatic rings. The highest BCUT2D eigenvalue weighted by Gasteiger charge is 2.21. The minimum atomic E-state index is -2.69. The van der Waals surface area contributed by atoms with Gasteiger partial charge in [-0.3, -0.25) is 9.59 Å². The number of ether oxygens (including phenoxy) is 2. The maximum atomic E-state index is 13.5. The molecule has 0 saturated carbocycles. The molecular weight excluding hydrogens is 699 g/mol. The van der Waals surface area contributed by atoms with E-state index < -0.39 is 5.66 Å². The van der Waals surface area contributed by atoms with Gasteiger partial charge in [-0.1, -0.05) is 171 Å². The Morgan fingerprint density at radius 1 is 0.500 bits per heavy atom. The van der Waals surface area contributed by atoms with E-state index in [9.17, 15) is 18.4 Å². The van der Waals surface area contributed by atoms with Crippen LogP contribution in [0.15, 0.2) is 0 Å². The molecule has 8 heteroatoms. The number of hydrogen-bond donors (Lipinski definition) is 0. The molecule has 0 bridgehead atoms. The Bertz CT molecular complexity index is 796. The lowest BCUT2D eigenvalue weighted by molar-refractivity contribution is -0.150. The number of carbonyl (C=O) groups excluding carboxylic acids is 2. The van der Waals surface area contributed by atoms with E-state index in [1.165, 1.54) is 96.3 Å². The van der Waals surface area contributed by atoms with Crippen molar-refractivity contribution in [1.29, 1.82) is 0 Å². The van der Waals surface area contributed by atoms with Crippen molar-refractivity contribution in [1.82, 2.24) is 4.90 Å². The number of alkyl halides is 2. The van der Waals surface area contributed by atoms with Crippen LogP contribution in [-0.4, -0.2) is 54.8 Å². The largest absolute Gasteiger partial charge is 0.466 e. The zero-order valence-electron chi connectivity index (χ0n) is 36.1. The molecule has 0 heterocycles. The van der Waals surface area contributed by atoms with Gasteiger partial charge in [-0.25, -0.2) is 8.78 Å². The maximum Gasteiger partial charge on any atom is 0.306 e. The summed E-state index contributed by atoms with van der Waals surface area (Å²) < 4.78 is 38.3. The molecule has 0 radical (unpaired) electrons. The van der Waals surface area contributed by atoms with Gasteiger partial charge in [-0.05, 0) is 83.8 Å². The summed E-state index contributed by atoms with van der Waals surface area (Å²) in [7, 11) is 1.67. The van der Waals surface area contributed by atoms with Crippen LogP contribution in [0, 0.1) is 0 Å². The molecule has 0 aliphatic carbocycles. The number of esters is 2. The smallest absolute Gasteiger partial charge is 0.306 e. The van der Waals surface area contributed by atoms with Gasteiger partial charge in [-0.15, -0.1) is 0 Å². The normalized spacial score (nSPS) is 11.9. The van der Waals surface area contributed by atoms with Crippen LogP contribution in [0.3, 0.4) is 0 Å². The predicted octanol–water partition coefficient (Wildman–Crippen LogP) is 14.9. The quantitative estimate of drug-likeness (QED) is 0.0350. The standard InChI is InChI=1S/C46H90F2NO4P/c1-4-7-10-13-16-25-32-42-52-44(50)36-28-21-17-23-30-39-49(41-33-38-46(47,48)54)40-31-24-18-22-29-37-45(51)53-43(34-26-19-14-11-8-5-2)35-27-20-15-12-9-6-3/h43H,4-42,54H2,1-3H3. The molecule has 0 saturated heterocycles. The van der Waals surface area contributed by atoms with Crippen molar-refractivity contribution in [2.45, 2.75) is 257 Å². The lowest BCUT2D eigenvalue weighted by atomic mass is 10.0. The summed E-state index contributed by atoms with van der Waals surface area (Å²) in [6, 6.07) is 0. The van der Waals surface area contributed by atoms with E-state index >= 15 is 0 Å². The molecule has 0 spiro atoms. The SMILES string of the molecule is CCCCCCCCCOC(=O)CCCCCCCN(CCCCCCCC(=O)OC(CCCCCCCC)CCCCCCCC)CCCC(F)(F)P. The predicted molar refractivity (Wildman–Crippen MR) is 231 cm³/mol. The van der Waals surface area contributed by atoms with Crippen LogP contribution in [0.2, 0.25) is 0 Å². The van der Waals surface area contributed by atoms with Crippen LogP contribution in [-0.2, 0) is 19.1 Å². The lowest BCUT2D eigenvalue weighted by Gasteiger charge is -2.23. The van der Waals surface area contributed by atoms with Crippen LogP contribution in [0.1, 0.15) is 245 Å². The first kappa shape index (κ1) is 53.2. The van der Waals surface area contributed by atoms with E-state index in [1.54, 1.807) is 9.24 Å². The van der Waals surface area contributed by atoms with Crippen LogP contribution < -0.4 is 0 Å². The monoisotopic (exact) mass is 790 g/mol. The zero-order chi connectivity index (χ0) is 39.8. The van der Waals surface area contributed by atoms with Gasteiger partial charge in [0.1, 0.15) is 6.10 Å². The molecule has 1 unspecified atom stereocenters. The first-order valence-electron chi connectivity index (χ1n) is 23.5. The second-order valence-corrected chi connectivity index (χ2v) is 17.2. The molecule has 0 aliphatic rings. The Labute approximate surface area is 336 Å². The number of carbonyl (C=O) groups is 2. The van der Waals surface area contributed by atoms with E-state index in [0.29, 0.717) is 32.4 Å². The van der Waals surface area contributed by atoms with Crippen molar-refractivity contribution >= 4 is 21.2 Å². The van der Waals surface area contributed by atoms with Crippen molar-refractivity contribution in [3.8, 4) is 0 Å². The van der Waals surface area contributed by atoms with E-state index in [-0.39, 0.29) is 24.5 Å². The van der Waals surface area contributed by atoms with Crippen molar-refractivity contribution in [2.24, 2.45) is 0 Å². The number of nitrogens with zero attached hydrogens (tertiary/aromatic N) is 1. The molecule has 0 aliphatic heterocycles. The fourth-order valence-electron chi connectivity index (χ4n) is 7.27. The maximum absolute atomic E-state index is 13.5. The molecule has 0 fully saturated rings. The Morgan fingerprint density at radius 2 is 0.870 bits per heavy atom. The zero-order valence-corrected chi connectivity index (χ0v) is 37.2. The lowest BCUT2D eigenvalue weighted by Crippen LogP contribution is -2.28. The summed E-state index contributed by atoms with van der Waals surface area (Å²) in [6.45, 7) is 9.87. The molecule has 0 N–H and O–H groups in total. The Kier molecular flexibility index (Phi) is 39.8. The summed E-state index contributed by atoms with van der Waals surface area (Å²) in [5.41, 5.74) is -2.69. The number of rotatable bonds is 43. The number of hydrogen-bond acceptors (Lipinski definition) is 5. The van der Waals surface area contributed by atoms with E-state index in [1.807, 2.05) is 0 Å². The Morgan fingerprint density at radius 3 is 1.33 bits per heavy atom. The molecule has 1 atom stereocenters. The molecular formula is C46H90F2NO4P. The third-order valence-electron chi connectivity index (χ3n) is 10.8. The van der Waals surface area contributed by atoms with Crippen molar-refractivity contribution in [3.63, 3.8) is 0 Å². The van der Waals surface area contributed by atoms with Crippen LogP contribution in [0.25, 0.3) is 0 Å². The minimum absolute atomic E-state index is 0.0206. The molecule has 322 valence electrons. The fourth-order valence-corrected chi connectivity index (χ4v) is 7.48. The summed E-state index contributed by atoms with van der Waals surface area (Å²) in [4.78, 5) is 27.2. The van der Waals surface area contributed by atoms with Crippen molar-refractivity contribution < 1.29 is 27.8 Å². The highest BCUT2D eigenvalue weighted by Crippen LogP contribution is 2.27. The molecule has 0 aromatic carbocycles.